The van der Waals surface area contributed by atoms with Gasteiger partial charge in [0.15, 0.2) is 0 Å². The molecule has 1 atom stereocenters. The van der Waals surface area contributed by atoms with Crippen LogP contribution in [0.5, 0.6) is 0 Å². The molecule has 0 bridgehead atoms. The molecule has 2 aromatic heterocycles. The van der Waals surface area contributed by atoms with Crippen LogP contribution in [0.15, 0.2) is 42.7 Å². The Labute approximate surface area is 193 Å². The first-order valence-corrected chi connectivity index (χ1v) is 12.0. The monoisotopic (exact) mass is 437 g/mol. The molecule has 6 heteroatoms. The zero-order valence-electron chi connectivity index (χ0n) is 18.9. The van der Waals surface area contributed by atoms with Gasteiger partial charge in [0.1, 0.15) is 11.9 Å². The summed E-state index contributed by atoms with van der Waals surface area (Å²) in [7, 11) is 0. The molecule has 1 aliphatic heterocycles. The fraction of sp³-hybridized carbons (Fsp3) is 0.407. The fourth-order valence-corrected chi connectivity index (χ4v) is 5.12. The fourth-order valence-electron chi connectivity index (χ4n) is 5.12. The van der Waals surface area contributed by atoms with Crippen molar-refractivity contribution in [3.05, 3.63) is 54.0 Å². The number of aromatic nitrogens is 2. The molecule has 6 rings (SSSR count). The van der Waals surface area contributed by atoms with Gasteiger partial charge in [-0.1, -0.05) is 18.2 Å². The summed E-state index contributed by atoms with van der Waals surface area (Å²) in [6.45, 7) is 4.23. The molecule has 2 saturated carbocycles. The molecule has 2 aliphatic carbocycles. The highest BCUT2D eigenvalue weighted by Crippen LogP contribution is 2.46. The highest BCUT2D eigenvalue weighted by atomic mass is 16.2. The van der Waals surface area contributed by atoms with Crippen LogP contribution in [-0.4, -0.2) is 46.5 Å². The summed E-state index contributed by atoms with van der Waals surface area (Å²) in [5, 5.41) is 12.3. The minimum Gasteiger partial charge on any atom is -0.352 e. The summed E-state index contributed by atoms with van der Waals surface area (Å²) in [4.78, 5) is 26.3. The largest absolute Gasteiger partial charge is 0.352 e. The van der Waals surface area contributed by atoms with E-state index in [2.05, 4.69) is 35.0 Å². The smallest absolute Gasteiger partial charge is 0.226 e. The minimum atomic E-state index is 0.120. The standard InChI is InChI=1S/C27H27N5O/c1-17-16-31(11-12-32(17)27(33)19-7-8-19)26-21(14-28)13-24(25(30-26)18-5-6-18)23-4-2-3-20-15-29-10-9-22(20)23/h2-4,9-10,13,15,17-19H,5-8,11-12,16H2,1H3/t17-/m1/s1. The summed E-state index contributed by atoms with van der Waals surface area (Å²) in [5.74, 6) is 1.76. The van der Waals surface area contributed by atoms with Crippen LogP contribution in [0.4, 0.5) is 5.82 Å². The molecular formula is C27H27N5O. The Balaban J connectivity index is 1.39. The average molecular weight is 438 g/mol. The first kappa shape index (κ1) is 20.2. The second-order valence-electron chi connectivity index (χ2n) is 9.68. The van der Waals surface area contributed by atoms with Crippen LogP contribution in [0, 0.1) is 17.2 Å². The lowest BCUT2D eigenvalue weighted by atomic mass is 9.95. The predicted molar refractivity (Wildman–Crippen MR) is 128 cm³/mol. The number of benzene rings is 1. The van der Waals surface area contributed by atoms with Gasteiger partial charge in [-0.3, -0.25) is 9.78 Å². The molecule has 6 nitrogen and oxygen atoms in total. The lowest BCUT2D eigenvalue weighted by Crippen LogP contribution is -2.54. The van der Waals surface area contributed by atoms with Crippen molar-refractivity contribution in [3.63, 3.8) is 0 Å². The molecule has 1 aromatic carbocycles. The molecule has 1 saturated heterocycles. The maximum atomic E-state index is 12.6. The Morgan fingerprint density at radius 2 is 1.97 bits per heavy atom. The number of fused-ring (bicyclic) bond motifs is 1. The number of amides is 1. The Hall–Kier alpha value is -3.46. The van der Waals surface area contributed by atoms with Crippen molar-refractivity contribution in [1.29, 1.82) is 5.26 Å². The maximum Gasteiger partial charge on any atom is 0.226 e. The number of pyridine rings is 2. The molecule has 0 unspecified atom stereocenters. The number of hydrogen-bond acceptors (Lipinski definition) is 5. The Morgan fingerprint density at radius 1 is 1.12 bits per heavy atom. The summed E-state index contributed by atoms with van der Waals surface area (Å²) in [6, 6.07) is 12.9. The van der Waals surface area contributed by atoms with Crippen LogP contribution in [0.2, 0.25) is 0 Å². The minimum absolute atomic E-state index is 0.120. The third kappa shape index (κ3) is 3.62. The van der Waals surface area contributed by atoms with E-state index in [1.807, 2.05) is 35.5 Å². The second-order valence-corrected chi connectivity index (χ2v) is 9.68. The highest BCUT2D eigenvalue weighted by Gasteiger charge is 2.38. The van der Waals surface area contributed by atoms with E-state index in [1.165, 1.54) is 0 Å². The predicted octanol–water partition coefficient (Wildman–Crippen LogP) is 4.49. The SMILES string of the molecule is C[C@@H]1CN(c2nc(C3CC3)c(-c3cccc4cnccc34)cc2C#N)CCN1C(=O)C1CC1. The van der Waals surface area contributed by atoms with E-state index in [1.54, 1.807) is 0 Å². The van der Waals surface area contributed by atoms with Crippen molar-refractivity contribution in [2.24, 2.45) is 5.92 Å². The molecule has 3 fully saturated rings. The van der Waals surface area contributed by atoms with Gasteiger partial charge >= 0.3 is 0 Å². The Morgan fingerprint density at radius 3 is 2.70 bits per heavy atom. The van der Waals surface area contributed by atoms with Gasteiger partial charge in [-0.15, -0.1) is 0 Å². The number of nitrogens with zero attached hydrogens (tertiary/aromatic N) is 5. The van der Waals surface area contributed by atoms with E-state index >= 15 is 0 Å². The van der Waals surface area contributed by atoms with E-state index < -0.39 is 0 Å². The Kier molecular flexibility index (Phi) is 4.79. The lowest BCUT2D eigenvalue weighted by Gasteiger charge is -2.41. The van der Waals surface area contributed by atoms with Crippen molar-refractivity contribution in [3.8, 4) is 17.2 Å². The molecule has 3 aromatic rings. The van der Waals surface area contributed by atoms with Crippen molar-refractivity contribution in [1.82, 2.24) is 14.9 Å². The second kappa shape index (κ2) is 7.84. The van der Waals surface area contributed by atoms with Gasteiger partial charge in [0.2, 0.25) is 5.91 Å². The molecule has 0 N–H and O–H groups in total. The quantitative estimate of drug-likeness (QED) is 0.601. The lowest BCUT2D eigenvalue weighted by molar-refractivity contribution is -0.134. The first-order chi connectivity index (χ1) is 16.1. The molecule has 33 heavy (non-hydrogen) atoms. The van der Waals surface area contributed by atoms with Crippen LogP contribution in [0.3, 0.4) is 0 Å². The van der Waals surface area contributed by atoms with Gasteiger partial charge in [-0.2, -0.15) is 5.26 Å². The molecule has 3 aliphatic rings. The van der Waals surface area contributed by atoms with Crippen LogP contribution >= 0.6 is 0 Å². The van der Waals surface area contributed by atoms with Crippen molar-refractivity contribution in [2.75, 3.05) is 24.5 Å². The van der Waals surface area contributed by atoms with Crippen molar-refractivity contribution >= 4 is 22.5 Å². The number of rotatable bonds is 4. The molecular weight excluding hydrogens is 410 g/mol. The zero-order chi connectivity index (χ0) is 22.5. The van der Waals surface area contributed by atoms with Gasteiger partial charge in [-0.05, 0) is 55.7 Å². The molecule has 3 heterocycles. The summed E-state index contributed by atoms with van der Waals surface area (Å²) < 4.78 is 0. The topological polar surface area (TPSA) is 73.1 Å². The maximum absolute atomic E-state index is 12.6. The zero-order valence-corrected chi connectivity index (χ0v) is 18.9. The third-order valence-corrected chi connectivity index (χ3v) is 7.22. The highest BCUT2D eigenvalue weighted by molar-refractivity contribution is 5.97. The molecule has 166 valence electrons. The van der Waals surface area contributed by atoms with Crippen LogP contribution in [-0.2, 0) is 4.79 Å². The summed E-state index contributed by atoms with van der Waals surface area (Å²) in [5.41, 5.74) is 3.87. The number of nitriles is 1. The van der Waals surface area contributed by atoms with E-state index in [0.29, 0.717) is 37.0 Å². The van der Waals surface area contributed by atoms with Gasteiger partial charge in [-0.25, -0.2) is 4.98 Å². The van der Waals surface area contributed by atoms with E-state index in [-0.39, 0.29) is 12.0 Å². The average Bonchev–Trinajstić information content (AvgIpc) is 3.76. The van der Waals surface area contributed by atoms with E-state index in [0.717, 1.165) is 59.1 Å². The van der Waals surface area contributed by atoms with Crippen LogP contribution in [0.1, 0.15) is 49.8 Å². The Bertz CT molecular complexity index is 1280. The molecule has 0 radical (unpaired) electrons. The number of hydrogen-bond donors (Lipinski definition) is 0. The van der Waals surface area contributed by atoms with Gasteiger partial charge < -0.3 is 9.80 Å². The normalized spacial score (nSPS) is 20.7. The summed E-state index contributed by atoms with van der Waals surface area (Å²) in [6.07, 6.45) is 8.03. The van der Waals surface area contributed by atoms with Gasteiger partial charge in [0, 0.05) is 60.9 Å². The van der Waals surface area contributed by atoms with Crippen LogP contribution in [0.25, 0.3) is 21.9 Å². The third-order valence-electron chi connectivity index (χ3n) is 7.22. The first-order valence-electron chi connectivity index (χ1n) is 12.0. The molecule has 0 spiro atoms. The number of carbonyl (C=O) groups is 1. The summed E-state index contributed by atoms with van der Waals surface area (Å²) >= 11 is 0. The van der Waals surface area contributed by atoms with Crippen LogP contribution < -0.4 is 4.90 Å². The van der Waals surface area contributed by atoms with E-state index in [9.17, 15) is 10.1 Å². The van der Waals surface area contributed by atoms with Crippen molar-refractivity contribution < 1.29 is 4.79 Å². The number of anilines is 1. The van der Waals surface area contributed by atoms with Crippen molar-refractivity contribution in [2.45, 2.75) is 44.6 Å². The van der Waals surface area contributed by atoms with Gasteiger partial charge in [0.05, 0.1) is 11.3 Å². The number of piperazine rings is 1. The van der Waals surface area contributed by atoms with E-state index in [4.69, 9.17) is 4.98 Å². The molecule has 1 amide bonds. The number of carbonyl (C=O) groups excluding carboxylic acids is 1. The van der Waals surface area contributed by atoms with Gasteiger partial charge in [0.25, 0.3) is 0 Å².